The third-order valence-electron chi connectivity index (χ3n) is 2.72. The smallest absolute Gasteiger partial charge is 0.0949 e. The molecule has 0 amide bonds. The third-order valence-corrected chi connectivity index (χ3v) is 2.72. The van der Waals surface area contributed by atoms with Gasteiger partial charge < -0.3 is 15.0 Å². The van der Waals surface area contributed by atoms with Crippen molar-refractivity contribution < 1.29 is 4.74 Å². The summed E-state index contributed by atoms with van der Waals surface area (Å²) in [5.41, 5.74) is 7.00. The van der Waals surface area contributed by atoms with Crippen molar-refractivity contribution in [2.24, 2.45) is 11.7 Å². The van der Waals surface area contributed by atoms with Crippen LogP contribution < -0.4 is 5.73 Å². The van der Waals surface area contributed by atoms with Crippen LogP contribution in [0.2, 0.25) is 0 Å². The summed E-state index contributed by atoms with van der Waals surface area (Å²) in [5, 5.41) is 0. The molecule has 0 saturated carbocycles. The average molecular weight is 211 g/mol. The van der Waals surface area contributed by atoms with E-state index < -0.39 is 0 Å². The molecule has 1 rings (SSSR count). The van der Waals surface area contributed by atoms with Crippen LogP contribution >= 0.6 is 0 Å². The first kappa shape index (κ1) is 12.2. The van der Waals surface area contributed by atoms with Gasteiger partial charge in [0.15, 0.2) is 0 Å². The van der Waals surface area contributed by atoms with Crippen molar-refractivity contribution >= 4 is 0 Å². The van der Waals surface area contributed by atoms with Gasteiger partial charge in [-0.25, -0.2) is 4.98 Å². The zero-order valence-electron chi connectivity index (χ0n) is 9.81. The lowest BCUT2D eigenvalue weighted by Crippen LogP contribution is -2.21. The molecule has 1 aromatic rings. The second-order valence-corrected chi connectivity index (χ2v) is 4.09. The van der Waals surface area contributed by atoms with Crippen molar-refractivity contribution in [2.75, 3.05) is 20.3 Å². The van der Waals surface area contributed by atoms with Crippen LogP contribution in [0.1, 0.15) is 25.5 Å². The van der Waals surface area contributed by atoms with Gasteiger partial charge in [0, 0.05) is 38.0 Å². The van der Waals surface area contributed by atoms with Gasteiger partial charge in [0.25, 0.3) is 0 Å². The standard InChI is InChI=1S/C11H21N3O/c1-9(2)10(6-12)11-7-13-8-14(11)4-5-15-3/h7-10H,4-6,12H2,1-3H3. The molecule has 0 saturated heterocycles. The van der Waals surface area contributed by atoms with Crippen LogP contribution in [0.25, 0.3) is 0 Å². The molecule has 1 aromatic heterocycles. The van der Waals surface area contributed by atoms with Gasteiger partial charge in [-0.2, -0.15) is 0 Å². The quantitative estimate of drug-likeness (QED) is 0.770. The second-order valence-electron chi connectivity index (χ2n) is 4.09. The third kappa shape index (κ3) is 3.04. The fourth-order valence-electron chi connectivity index (χ4n) is 1.75. The normalized spacial score (nSPS) is 13.4. The van der Waals surface area contributed by atoms with E-state index in [0.717, 1.165) is 6.54 Å². The summed E-state index contributed by atoms with van der Waals surface area (Å²) >= 11 is 0. The Labute approximate surface area is 91.4 Å². The van der Waals surface area contributed by atoms with Gasteiger partial charge >= 0.3 is 0 Å². The molecular weight excluding hydrogens is 190 g/mol. The molecule has 1 heterocycles. The summed E-state index contributed by atoms with van der Waals surface area (Å²) in [6.45, 7) is 6.58. The number of rotatable bonds is 6. The number of methoxy groups -OCH3 is 1. The number of ether oxygens (including phenoxy) is 1. The number of nitrogens with two attached hydrogens (primary N) is 1. The van der Waals surface area contributed by atoms with Crippen molar-refractivity contribution in [3.63, 3.8) is 0 Å². The van der Waals surface area contributed by atoms with Crippen LogP contribution in [0.5, 0.6) is 0 Å². The molecule has 4 heteroatoms. The predicted octanol–water partition coefficient (Wildman–Crippen LogP) is 1.23. The predicted molar refractivity (Wildman–Crippen MR) is 60.7 cm³/mol. The van der Waals surface area contributed by atoms with Crippen LogP contribution in [0, 0.1) is 5.92 Å². The lowest BCUT2D eigenvalue weighted by Gasteiger charge is -2.20. The minimum atomic E-state index is 0.379. The highest BCUT2D eigenvalue weighted by Crippen LogP contribution is 2.22. The molecule has 0 aliphatic carbocycles. The van der Waals surface area contributed by atoms with Crippen LogP contribution in [0.3, 0.4) is 0 Å². The molecule has 4 nitrogen and oxygen atoms in total. The van der Waals surface area contributed by atoms with Crippen LogP contribution in [0.4, 0.5) is 0 Å². The van der Waals surface area contributed by atoms with E-state index in [-0.39, 0.29) is 0 Å². The average Bonchev–Trinajstić information content (AvgIpc) is 2.64. The van der Waals surface area contributed by atoms with Gasteiger partial charge in [0.05, 0.1) is 12.9 Å². The molecule has 0 aromatic carbocycles. The van der Waals surface area contributed by atoms with Gasteiger partial charge in [0.2, 0.25) is 0 Å². The minimum absolute atomic E-state index is 0.379. The highest BCUT2D eigenvalue weighted by Gasteiger charge is 2.17. The first-order chi connectivity index (χ1) is 7.20. The summed E-state index contributed by atoms with van der Waals surface area (Å²) in [7, 11) is 1.71. The highest BCUT2D eigenvalue weighted by molar-refractivity contribution is 5.08. The fourth-order valence-corrected chi connectivity index (χ4v) is 1.75. The number of aromatic nitrogens is 2. The Morgan fingerprint density at radius 1 is 1.53 bits per heavy atom. The molecule has 1 unspecified atom stereocenters. The van der Waals surface area contributed by atoms with Gasteiger partial charge in [0.1, 0.15) is 0 Å². The molecule has 0 aliphatic heterocycles. The van der Waals surface area contributed by atoms with E-state index in [9.17, 15) is 0 Å². The number of hydrogen-bond donors (Lipinski definition) is 1. The summed E-state index contributed by atoms with van der Waals surface area (Å²) in [4.78, 5) is 4.18. The maximum absolute atomic E-state index is 5.79. The largest absolute Gasteiger partial charge is 0.383 e. The van der Waals surface area contributed by atoms with Gasteiger partial charge in [-0.3, -0.25) is 0 Å². The lowest BCUT2D eigenvalue weighted by atomic mass is 9.93. The van der Waals surface area contributed by atoms with Crippen molar-refractivity contribution in [3.8, 4) is 0 Å². The zero-order valence-corrected chi connectivity index (χ0v) is 9.81. The molecule has 86 valence electrons. The molecule has 0 bridgehead atoms. The maximum Gasteiger partial charge on any atom is 0.0949 e. The molecule has 15 heavy (non-hydrogen) atoms. The second kappa shape index (κ2) is 5.88. The molecule has 0 radical (unpaired) electrons. The maximum atomic E-state index is 5.79. The molecule has 2 N–H and O–H groups in total. The van der Waals surface area contributed by atoms with Crippen molar-refractivity contribution in [1.82, 2.24) is 9.55 Å². The Morgan fingerprint density at radius 2 is 2.27 bits per heavy atom. The molecule has 0 spiro atoms. The summed E-state index contributed by atoms with van der Waals surface area (Å²) in [6.07, 6.45) is 3.76. The first-order valence-electron chi connectivity index (χ1n) is 5.39. The zero-order chi connectivity index (χ0) is 11.3. The number of nitrogens with zero attached hydrogens (tertiary/aromatic N) is 2. The van der Waals surface area contributed by atoms with Crippen molar-refractivity contribution in [3.05, 3.63) is 18.2 Å². The Morgan fingerprint density at radius 3 is 2.80 bits per heavy atom. The van der Waals surface area contributed by atoms with Gasteiger partial charge in [-0.15, -0.1) is 0 Å². The van der Waals surface area contributed by atoms with E-state index >= 15 is 0 Å². The van der Waals surface area contributed by atoms with E-state index in [1.54, 1.807) is 7.11 Å². The Hall–Kier alpha value is -0.870. The Balaban J connectivity index is 2.77. The lowest BCUT2D eigenvalue weighted by molar-refractivity contribution is 0.185. The van der Waals surface area contributed by atoms with Crippen molar-refractivity contribution in [2.45, 2.75) is 26.3 Å². The van der Waals surface area contributed by atoms with E-state index in [4.69, 9.17) is 10.5 Å². The van der Waals surface area contributed by atoms with Crippen LogP contribution in [-0.4, -0.2) is 29.8 Å². The monoisotopic (exact) mass is 211 g/mol. The first-order valence-corrected chi connectivity index (χ1v) is 5.39. The summed E-state index contributed by atoms with van der Waals surface area (Å²) < 4.78 is 7.19. The summed E-state index contributed by atoms with van der Waals surface area (Å²) in [6, 6.07) is 0. The molecule has 0 fully saturated rings. The topological polar surface area (TPSA) is 53.1 Å². The van der Waals surface area contributed by atoms with Gasteiger partial charge in [-0.05, 0) is 5.92 Å². The molecular formula is C11H21N3O. The molecule has 0 aliphatic rings. The molecule has 1 atom stereocenters. The number of imidazole rings is 1. The number of hydrogen-bond acceptors (Lipinski definition) is 3. The van der Waals surface area contributed by atoms with Gasteiger partial charge in [-0.1, -0.05) is 13.8 Å². The Kier molecular flexibility index (Phi) is 4.78. The van der Waals surface area contributed by atoms with E-state index in [0.29, 0.717) is 25.0 Å². The summed E-state index contributed by atoms with van der Waals surface area (Å²) in [5.74, 6) is 0.914. The fraction of sp³-hybridized carbons (Fsp3) is 0.727. The Bertz CT molecular complexity index is 283. The van der Waals surface area contributed by atoms with E-state index in [1.807, 2.05) is 12.5 Å². The van der Waals surface area contributed by atoms with Crippen LogP contribution in [-0.2, 0) is 11.3 Å². The van der Waals surface area contributed by atoms with E-state index in [2.05, 4.69) is 23.4 Å². The SMILES string of the molecule is COCCn1cncc1C(CN)C(C)C. The highest BCUT2D eigenvalue weighted by atomic mass is 16.5. The van der Waals surface area contributed by atoms with Crippen LogP contribution in [0.15, 0.2) is 12.5 Å². The minimum Gasteiger partial charge on any atom is -0.383 e. The van der Waals surface area contributed by atoms with E-state index in [1.165, 1.54) is 5.69 Å². The van der Waals surface area contributed by atoms with Crippen molar-refractivity contribution in [1.29, 1.82) is 0 Å².